The zero-order valence-corrected chi connectivity index (χ0v) is 15.3. The fourth-order valence-corrected chi connectivity index (χ4v) is 5.96. The molecule has 7 heteroatoms. The van der Waals surface area contributed by atoms with Crippen molar-refractivity contribution in [2.24, 2.45) is 23.7 Å². The lowest BCUT2D eigenvalue weighted by atomic mass is 9.54. The minimum Gasteiger partial charge on any atom is -0.411 e. The Hall–Kier alpha value is -1.89. The number of hydrogen-bond acceptors (Lipinski definition) is 6. The van der Waals surface area contributed by atoms with Crippen LogP contribution in [0.2, 0.25) is 0 Å². The molecule has 6 nitrogen and oxygen atoms in total. The maximum absolute atomic E-state index is 12.5. The largest absolute Gasteiger partial charge is 0.411 e. The van der Waals surface area contributed by atoms with Gasteiger partial charge in [-0.1, -0.05) is 11.8 Å². The summed E-state index contributed by atoms with van der Waals surface area (Å²) in [6, 6.07) is 4.07. The molecule has 4 aliphatic rings. The average molecular weight is 370 g/mol. The summed E-state index contributed by atoms with van der Waals surface area (Å²) >= 11 is 1.30. The molecular formula is C19H22N4O2S. The Morgan fingerprint density at radius 3 is 2.62 bits per heavy atom. The fraction of sp³-hybridized carbons (Fsp3) is 0.579. The summed E-state index contributed by atoms with van der Waals surface area (Å²) in [5.74, 6) is 4.06. The minimum atomic E-state index is 0.0774. The lowest BCUT2D eigenvalue weighted by molar-refractivity contribution is -0.122. The molecule has 4 saturated carbocycles. The highest BCUT2D eigenvalue weighted by molar-refractivity contribution is 7.99. The second kappa shape index (κ2) is 6.68. The topological polar surface area (TPSA) is 80.9 Å². The standard InChI is InChI=1S/C19H22N4O2S/c24-16(21-17-14-5-11-4-12(7-14)8-15(17)6-11)10-26-19-23-22-18(25-19)13-2-1-3-20-9-13/h1-3,9,11-12,14-15,17H,4-8,10H2,(H,21,24). The van der Waals surface area contributed by atoms with Gasteiger partial charge in [0.15, 0.2) is 0 Å². The molecule has 0 atom stereocenters. The van der Waals surface area contributed by atoms with Crippen LogP contribution < -0.4 is 5.32 Å². The summed E-state index contributed by atoms with van der Waals surface area (Å²) in [5.41, 5.74) is 0.782. The smallest absolute Gasteiger partial charge is 0.277 e. The van der Waals surface area contributed by atoms with Crippen LogP contribution in [0.5, 0.6) is 0 Å². The number of carbonyl (C=O) groups excluding carboxylic acids is 1. The number of thioether (sulfide) groups is 1. The van der Waals surface area contributed by atoms with E-state index in [9.17, 15) is 4.79 Å². The van der Waals surface area contributed by atoms with Crippen LogP contribution in [0.1, 0.15) is 32.1 Å². The molecule has 0 radical (unpaired) electrons. The van der Waals surface area contributed by atoms with Crippen molar-refractivity contribution in [1.29, 1.82) is 0 Å². The van der Waals surface area contributed by atoms with Crippen molar-refractivity contribution in [3.05, 3.63) is 24.5 Å². The Morgan fingerprint density at radius 1 is 1.15 bits per heavy atom. The number of amides is 1. The van der Waals surface area contributed by atoms with Gasteiger partial charge in [0.05, 0.1) is 11.3 Å². The molecule has 4 bridgehead atoms. The summed E-state index contributed by atoms with van der Waals surface area (Å²) in [6.07, 6.45) is 10.0. The summed E-state index contributed by atoms with van der Waals surface area (Å²) in [7, 11) is 0. The van der Waals surface area contributed by atoms with Crippen LogP contribution >= 0.6 is 11.8 Å². The van der Waals surface area contributed by atoms with Gasteiger partial charge in [-0.05, 0) is 67.9 Å². The molecule has 26 heavy (non-hydrogen) atoms. The predicted octanol–water partition coefficient (Wildman–Crippen LogP) is 3.16. The maximum Gasteiger partial charge on any atom is 0.277 e. The van der Waals surface area contributed by atoms with Gasteiger partial charge in [-0.3, -0.25) is 9.78 Å². The van der Waals surface area contributed by atoms with Gasteiger partial charge in [0.1, 0.15) is 0 Å². The second-order valence-corrected chi connectivity index (χ2v) is 8.85. The van der Waals surface area contributed by atoms with Crippen LogP contribution in [0, 0.1) is 23.7 Å². The van der Waals surface area contributed by atoms with Crippen molar-refractivity contribution in [3.63, 3.8) is 0 Å². The second-order valence-electron chi connectivity index (χ2n) is 7.93. The third-order valence-corrected chi connectivity index (χ3v) is 7.01. The molecule has 0 saturated heterocycles. The number of nitrogens with one attached hydrogen (secondary N) is 1. The normalized spacial score (nSPS) is 31.9. The summed E-state index contributed by atoms with van der Waals surface area (Å²) in [5, 5.41) is 11.8. The van der Waals surface area contributed by atoms with Crippen LogP contribution in [-0.2, 0) is 4.79 Å². The van der Waals surface area contributed by atoms with Crippen LogP contribution in [-0.4, -0.2) is 32.9 Å². The zero-order chi connectivity index (χ0) is 17.5. The van der Waals surface area contributed by atoms with Gasteiger partial charge in [0.25, 0.3) is 5.22 Å². The van der Waals surface area contributed by atoms with Crippen LogP contribution in [0.3, 0.4) is 0 Å². The number of aromatic nitrogens is 3. The summed E-state index contributed by atoms with van der Waals surface area (Å²) < 4.78 is 5.63. The Bertz CT molecular complexity index is 766. The van der Waals surface area contributed by atoms with E-state index in [2.05, 4.69) is 20.5 Å². The number of carbonyl (C=O) groups is 1. The molecule has 2 aromatic heterocycles. The van der Waals surface area contributed by atoms with Crippen LogP contribution in [0.25, 0.3) is 11.5 Å². The molecule has 2 heterocycles. The molecule has 0 aliphatic heterocycles. The maximum atomic E-state index is 12.5. The fourth-order valence-electron chi connectivity index (χ4n) is 5.39. The molecule has 1 amide bonds. The van der Waals surface area contributed by atoms with E-state index in [1.54, 1.807) is 12.4 Å². The first-order chi connectivity index (χ1) is 12.7. The molecule has 2 aromatic rings. The molecule has 4 aliphatic carbocycles. The highest BCUT2D eigenvalue weighted by atomic mass is 32.2. The monoisotopic (exact) mass is 370 g/mol. The first-order valence-electron chi connectivity index (χ1n) is 9.40. The van der Waals surface area contributed by atoms with Crippen LogP contribution in [0.4, 0.5) is 0 Å². The molecule has 1 N–H and O–H groups in total. The zero-order valence-electron chi connectivity index (χ0n) is 14.5. The van der Waals surface area contributed by atoms with E-state index in [4.69, 9.17) is 4.42 Å². The SMILES string of the molecule is O=C(CSc1nnc(-c2cccnc2)o1)NC1C2CC3CC(C2)CC1C3. The third-order valence-electron chi connectivity index (χ3n) is 6.20. The van der Waals surface area contributed by atoms with E-state index in [0.717, 1.165) is 17.4 Å². The van der Waals surface area contributed by atoms with E-state index in [1.807, 2.05) is 12.1 Å². The van der Waals surface area contributed by atoms with E-state index >= 15 is 0 Å². The van der Waals surface area contributed by atoms with E-state index in [1.165, 1.54) is 43.9 Å². The van der Waals surface area contributed by atoms with Gasteiger partial charge in [-0.25, -0.2) is 0 Å². The molecule has 6 rings (SSSR count). The molecule has 4 fully saturated rings. The first kappa shape index (κ1) is 16.3. The number of pyridine rings is 1. The molecule has 0 aromatic carbocycles. The lowest BCUT2D eigenvalue weighted by Gasteiger charge is -2.54. The van der Waals surface area contributed by atoms with E-state index in [0.29, 0.717) is 34.7 Å². The Balaban J connectivity index is 1.16. The average Bonchev–Trinajstić information content (AvgIpc) is 3.12. The Labute approximate surface area is 156 Å². The van der Waals surface area contributed by atoms with Crippen molar-refractivity contribution >= 4 is 17.7 Å². The number of nitrogens with zero attached hydrogens (tertiary/aromatic N) is 3. The molecular weight excluding hydrogens is 348 g/mol. The van der Waals surface area contributed by atoms with Gasteiger partial charge in [-0.15, -0.1) is 10.2 Å². The third kappa shape index (κ3) is 3.13. The highest BCUT2D eigenvalue weighted by Gasteiger charge is 2.48. The van der Waals surface area contributed by atoms with Gasteiger partial charge in [-0.2, -0.15) is 0 Å². The molecule has 0 spiro atoms. The first-order valence-corrected chi connectivity index (χ1v) is 10.4. The van der Waals surface area contributed by atoms with Crippen molar-refractivity contribution in [1.82, 2.24) is 20.5 Å². The van der Waals surface area contributed by atoms with Crippen LogP contribution in [0.15, 0.2) is 34.2 Å². The Kier molecular flexibility index (Phi) is 4.19. The predicted molar refractivity (Wildman–Crippen MR) is 97.2 cm³/mol. The van der Waals surface area contributed by atoms with E-state index < -0.39 is 0 Å². The van der Waals surface area contributed by atoms with E-state index in [-0.39, 0.29) is 5.91 Å². The van der Waals surface area contributed by atoms with Gasteiger partial charge in [0, 0.05) is 18.4 Å². The Morgan fingerprint density at radius 2 is 1.92 bits per heavy atom. The van der Waals surface area contributed by atoms with Crippen molar-refractivity contribution in [2.45, 2.75) is 43.4 Å². The highest BCUT2D eigenvalue weighted by Crippen LogP contribution is 2.53. The van der Waals surface area contributed by atoms with Crippen molar-refractivity contribution in [2.75, 3.05) is 5.75 Å². The van der Waals surface area contributed by atoms with Crippen molar-refractivity contribution < 1.29 is 9.21 Å². The summed E-state index contributed by atoms with van der Waals surface area (Å²) in [6.45, 7) is 0. The van der Waals surface area contributed by atoms with Gasteiger partial charge in [0.2, 0.25) is 11.8 Å². The quantitative estimate of drug-likeness (QED) is 0.814. The molecule has 136 valence electrons. The van der Waals surface area contributed by atoms with Crippen molar-refractivity contribution in [3.8, 4) is 11.5 Å². The lowest BCUT2D eigenvalue weighted by Crippen LogP contribution is -2.56. The van der Waals surface area contributed by atoms with Gasteiger partial charge < -0.3 is 9.73 Å². The number of hydrogen-bond donors (Lipinski definition) is 1. The molecule has 0 unspecified atom stereocenters. The van der Waals surface area contributed by atoms with Gasteiger partial charge >= 0.3 is 0 Å². The summed E-state index contributed by atoms with van der Waals surface area (Å²) in [4.78, 5) is 16.5. The number of rotatable bonds is 5. The minimum absolute atomic E-state index is 0.0774.